The van der Waals surface area contributed by atoms with E-state index in [0.29, 0.717) is 23.3 Å². The SMILES string of the molecule is CC.CC.CC.F/C=C/COc1nnc(-c2ccccc2Nc2ccc(C(F)(F)F)cc2)o1. The first-order valence-electron chi connectivity index (χ1n) is 10.7. The first-order valence-corrected chi connectivity index (χ1v) is 10.7. The third-order valence-electron chi connectivity index (χ3n) is 3.45. The second kappa shape index (κ2) is 16.3. The molecular weight excluding hydrogens is 438 g/mol. The van der Waals surface area contributed by atoms with Gasteiger partial charge in [0.05, 0.1) is 23.1 Å². The van der Waals surface area contributed by atoms with Crippen LogP contribution in [-0.2, 0) is 6.18 Å². The van der Waals surface area contributed by atoms with Gasteiger partial charge in [0.1, 0.15) is 6.61 Å². The highest BCUT2D eigenvalue weighted by molar-refractivity contribution is 5.76. The summed E-state index contributed by atoms with van der Waals surface area (Å²) in [4.78, 5) is 0. The highest BCUT2D eigenvalue weighted by Gasteiger charge is 2.29. The minimum atomic E-state index is -4.39. The molecule has 0 saturated heterocycles. The molecule has 33 heavy (non-hydrogen) atoms. The van der Waals surface area contributed by atoms with Crippen molar-refractivity contribution in [1.29, 1.82) is 0 Å². The Balaban J connectivity index is 0.00000158. The van der Waals surface area contributed by atoms with Crippen LogP contribution in [0, 0.1) is 0 Å². The first kappa shape index (κ1) is 29.6. The Hall–Kier alpha value is -3.36. The van der Waals surface area contributed by atoms with Crippen LogP contribution < -0.4 is 10.1 Å². The fourth-order valence-corrected chi connectivity index (χ4v) is 2.21. The molecule has 2 aromatic carbocycles. The summed E-state index contributed by atoms with van der Waals surface area (Å²) in [6.45, 7) is 11.9. The Kier molecular flexibility index (Phi) is 14.6. The van der Waals surface area contributed by atoms with Crippen molar-refractivity contribution in [2.75, 3.05) is 11.9 Å². The standard InChI is InChI=1S/C18H13F4N3O2.3C2H6/c19-10-3-11-26-17-25-24-16(27-17)14-4-1-2-5-15(14)23-13-8-6-12(7-9-13)18(20,21)22;3*1-2/h1-10,23H,11H2;3*1-2H3/b10-3+;;;. The van der Waals surface area contributed by atoms with Crippen LogP contribution in [0.4, 0.5) is 28.9 Å². The van der Waals surface area contributed by atoms with Crippen molar-refractivity contribution in [3.63, 3.8) is 0 Å². The number of nitrogens with one attached hydrogen (secondary N) is 1. The van der Waals surface area contributed by atoms with Gasteiger partial charge in [-0.3, -0.25) is 0 Å². The van der Waals surface area contributed by atoms with Crippen molar-refractivity contribution in [2.45, 2.75) is 47.7 Å². The summed E-state index contributed by atoms with van der Waals surface area (Å²) in [6.07, 6.45) is -3.06. The summed E-state index contributed by atoms with van der Waals surface area (Å²) in [7, 11) is 0. The van der Waals surface area contributed by atoms with Gasteiger partial charge in [0.2, 0.25) is 0 Å². The van der Waals surface area contributed by atoms with Crippen molar-refractivity contribution in [3.8, 4) is 17.5 Å². The van der Waals surface area contributed by atoms with Crippen molar-refractivity contribution in [2.24, 2.45) is 0 Å². The molecule has 0 aliphatic heterocycles. The third kappa shape index (κ3) is 9.76. The van der Waals surface area contributed by atoms with Crippen LogP contribution in [0.1, 0.15) is 47.1 Å². The van der Waals surface area contributed by atoms with Crippen LogP contribution in [0.2, 0.25) is 0 Å². The van der Waals surface area contributed by atoms with E-state index in [2.05, 4.69) is 15.5 Å². The van der Waals surface area contributed by atoms with Gasteiger partial charge in [0.15, 0.2) is 0 Å². The maximum atomic E-state index is 12.7. The van der Waals surface area contributed by atoms with Gasteiger partial charge in [-0.15, -0.1) is 5.10 Å². The Morgan fingerprint density at radius 3 is 2.09 bits per heavy atom. The van der Waals surface area contributed by atoms with Crippen LogP contribution in [0.3, 0.4) is 0 Å². The normalized spacial score (nSPS) is 10.1. The van der Waals surface area contributed by atoms with Gasteiger partial charge < -0.3 is 14.5 Å². The van der Waals surface area contributed by atoms with Gasteiger partial charge in [-0.1, -0.05) is 58.8 Å². The van der Waals surface area contributed by atoms with E-state index in [1.54, 1.807) is 24.3 Å². The lowest BCUT2D eigenvalue weighted by atomic mass is 10.1. The van der Waals surface area contributed by atoms with Crippen molar-refractivity contribution < 1.29 is 26.7 Å². The largest absolute Gasteiger partial charge is 0.445 e. The monoisotopic (exact) mass is 469 g/mol. The molecule has 1 N–H and O–H groups in total. The summed E-state index contributed by atoms with van der Waals surface area (Å²) in [6, 6.07) is 11.5. The highest BCUT2D eigenvalue weighted by atomic mass is 19.4. The third-order valence-corrected chi connectivity index (χ3v) is 3.45. The van der Waals surface area contributed by atoms with Gasteiger partial charge in [0, 0.05) is 5.69 Å². The summed E-state index contributed by atoms with van der Waals surface area (Å²) in [5.41, 5.74) is 0.804. The zero-order chi connectivity index (χ0) is 25.3. The quantitative estimate of drug-likeness (QED) is 0.367. The number of aromatic nitrogens is 2. The Morgan fingerprint density at radius 2 is 1.52 bits per heavy atom. The van der Waals surface area contributed by atoms with Crippen LogP contribution in [0.15, 0.2) is 65.4 Å². The summed E-state index contributed by atoms with van der Waals surface area (Å²) >= 11 is 0. The summed E-state index contributed by atoms with van der Waals surface area (Å²) in [5.74, 6) is 0.143. The maximum absolute atomic E-state index is 12.7. The van der Waals surface area contributed by atoms with Gasteiger partial charge in [-0.25, -0.2) is 4.39 Å². The lowest BCUT2D eigenvalue weighted by Gasteiger charge is -2.11. The number of anilines is 2. The lowest BCUT2D eigenvalue weighted by Crippen LogP contribution is -2.04. The van der Waals surface area contributed by atoms with E-state index < -0.39 is 11.7 Å². The molecule has 0 saturated carbocycles. The molecule has 9 heteroatoms. The zero-order valence-electron chi connectivity index (χ0n) is 19.7. The molecule has 0 bridgehead atoms. The maximum Gasteiger partial charge on any atom is 0.416 e. The second-order valence-electron chi connectivity index (χ2n) is 5.29. The fraction of sp³-hybridized carbons (Fsp3) is 0.333. The van der Waals surface area contributed by atoms with Gasteiger partial charge in [-0.05, 0) is 42.5 Å². The molecule has 0 amide bonds. The number of halogens is 4. The van der Waals surface area contributed by atoms with E-state index in [4.69, 9.17) is 9.15 Å². The molecule has 0 unspecified atom stereocenters. The molecule has 1 aromatic heterocycles. The van der Waals surface area contributed by atoms with E-state index in [0.717, 1.165) is 18.2 Å². The number of alkyl halides is 3. The molecule has 3 aromatic rings. The number of hydrogen-bond donors (Lipinski definition) is 1. The Labute approximate surface area is 192 Å². The van der Waals surface area contributed by atoms with E-state index in [1.807, 2.05) is 41.5 Å². The zero-order valence-corrected chi connectivity index (χ0v) is 19.7. The van der Waals surface area contributed by atoms with Crippen molar-refractivity contribution in [1.82, 2.24) is 10.2 Å². The van der Waals surface area contributed by atoms with E-state index in [9.17, 15) is 17.6 Å². The molecule has 3 rings (SSSR count). The molecule has 0 radical (unpaired) electrons. The number of hydrogen-bond acceptors (Lipinski definition) is 5. The fourth-order valence-electron chi connectivity index (χ4n) is 2.21. The number of nitrogens with zero attached hydrogens (tertiary/aromatic N) is 2. The van der Waals surface area contributed by atoms with E-state index in [-0.39, 0.29) is 18.6 Å². The minimum Gasteiger partial charge on any atom is -0.445 e. The topological polar surface area (TPSA) is 60.2 Å². The second-order valence-corrected chi connectivity index (χ2v) is 5.29. The molecule has 0 atom stereocenters. The predicted octanol–water partition coefficient (Wildman–Crippen LogP) is 8.44. The molecule has 5 nitrogen and oxygen atoms in total. The summed E-state index contributed by atoms with van der Waals surface area (Å²) in [5, 5.41) is 10.6. The molecule has 0 aliphatic carbocycles. The summed E-state index contributed by atoms with van der Waals surface area (Å²) < 4.78 is 60.3. The van der Waals surface area contributed by atoms with Crippen LogP contribution in [-0.4, -0.2) is 16.8 Å². The van der Waals surface area contributed by atoms with Gasteiger partial charge >= 0.3 is 12.3 Å². The molecular formula is C24H31F4N3O2. The van der Waals surface area contributed by atoms with Gasteiger partial charge in [-0.2, -0.15) is 13.2 Å². The highest BCUT2D eigenvalue weighted by Crippen LogP contribution is 2.33. The molecule has 0 fully saturated rings. The number of rotatable bonds is 6. The van der Waals surface area contributed by atoms with Crippen molar-refractivity contribution in [3.05, 3.63) is 66.5 Å². The number of para-hydroxylation sites is 1. The molecule has 0 aliphatic rings. The molecule has 1 heterocycles. The number of ether oxygens (including phenoxy) is 1. The Morgan fingerprint density at radius 1 is 0.909 bits per heavy atom. The van der Waals surface area contributed by atoms with E-state index in [1.165, 1.54) is 12.1 Å². The average molecular weight is 470 g/mol. The van der Waals surface area contributed by atoms with Crippen LogP contribution in [0.5, 0.6) is 6.08 Å². The Bertz CT molecular complexity index is 924. The smallest absolute Gasteiger partial charge is 0.416 e. The predicted molar refractivity (Wildman–Crippen MR) is 124 cm³/mol. The first-order chi connectivity index (χ1) is 16.0. The van der Waals surface area contributed by atoms with E-state index >= 15 is 0 Å². The van der Waals surface area contributed by atoms with Crippen LogP contribution >= 0.6 is 0 Å². The molecule has 182 valence electrons. The lowest BCUT2D eigenvalue weighted by molar-refractivity contribution is -0.137. The molecule has 0 spiro atoms. The minimum absolute atomic E-state index is 0.0659. The van der Waals surface area contributed by atoms with Crippen molar-refractivity contribution >= 4 is 11.4 Å². The van der Waals surface area contributed by atoms with Crippen LogP contribution in [0.25, 0.3) is 11.5 Å². The van der Waals surface area contributed by atoms with Gasteiger partial charge in [0.25, 0.3) is 5.89 Å². The average Bonchev–Trinajstić information content (AvgIpc) is 3.32. The number of benzene rings is 2.